The van der Waals surface area contributed by atoms with E-state index in [0.717, 1.165) is 12.3 Å². The van der Waals surface area contributed by atoms with Gasteiger partial charge in [-0.15, -0.1) is 6.58 Å². The van der Waals surface area contributed by atoms with Gasteiger partial charge >= 0.3 is 0 Å². The zero-order chi connectivity index (χ0) is 10.2. The van der Waals surface area contributed by atoms with Crippen molar-refractivity contribution in [3.63, 3.8) is 0 Å². The van der Waals surface area contributed by atoms with E-state index in [1.54, 1.807) is 0 Å². The number of hydrogen-bond acceptors (Lipinski definition) is 2. The molecule has 14 heavy (non-hydrogen) atoms. The zero-order valence-corrected chi connectivity index (χ0v) is 9.47. The predicted molar refractivity (Wildman–Crippen MR) is 62.5 cm³/mol. The van der Waals surface area contributed by atoms with E-state index >= 15 is 0 Å². The minimum Gasteiger partial charge on any atom is -0.316 e. The quantitative estimate of drug-likeness (QED) is 0.515. The van der Waals surface area contributed by atoms with Crippen molar-refractivity contribution in [2.75, 3.05) is 33.2 Å². The molecule has 1 heterocycles. The first-order chi connectivity index (χ1) is 6.83. The van der Waals surface area contributed by atoms with Gasteiger partial charge in [0.1, 0.15) is 0 Å². The molecule has 0 aromatic rings. The molecular weight excluding hydrogens is 172 g/mol. The van der Waals surface area contributed by atoms with Gasteiger partial charge in [0.05, 0.1) is 0 Å². The summed E-state index contributed by atoms with van der Waals surface area (Å²) >= 11 is 0. The van der Waals surface area contributed by atoms with Gasteiger partial charge < -0.3 is 10.2 Å². The van der Waals surface area contributed by atoms with E-state index in [0.29, 0.717) is 0 Å². The Balaban J connectivity index is 2.05. The lowest BCUT2D eigenvalue weighted by atomic mass is 9.99. The van der Waals surface area contributed by atoms with Crippen LogP contribution in [0.15, 0.2) is 12.7 Å². The zero-order valence-electron chi connectivity index (χ0n) is 9.47. The minimum atomic E-state index is 0.873. The Hall–Kier alpha value is -0.340. The molecule has 0 aromatic heterocycles. The van der Waals surface area contributed by atoms with Crippen LogP contribution in [0.2, 0.25) is 0 Å². The first-order valence-corrected chi connectivity index (χ1v) is 5.83. The second-order valence-corrected chi connectivity index (χ2v) is 4.41. The van der Waals surface area contributed by atoms with Crippen molar-refractivity contribution in [2.24, 2.45) is 5.92 Å². The lowest BCUT2D eigenvalue weighted by Crippen LogP contribution is -2.37. The Kier molecular flexibility index (Phi) is 5.88. The lowest BCUT2D eigenvalue weighted by Gasteiger charge is -2.27. The van der Waals surface area contributed by atoms with Crippen molar-refractivity contribution in [2.45, 2.75) is 25.7 Å². The molecule has 1 N–H and O–H groups in total. The number of nitrogens with zero attached hydrogens (tertiary/aromatic N) is 1. The molecule has 1 atom stereocenters. The molecule has 1 saturated heterocycles. The predicted octanol–water partition coefficient (Wildman–Crippen LogP) is 1.88. The highest BCUT2D eigenvalue weighted by molar-refractivity contribution is 4.72. The van der Waals surface area contributed by atoms with Crippen molar-refractivity contribution in [1.82, 2.24) is 10.2 Å². The van der Waals surface area contributed by atoms with Gasteiger partial charge in [0, 0.05) is 6.54 Å². The highest BCUT2D eigenvalue weighted by Gasteiger charge is 2.14. The van der Waals surface area contributed by atoms with Gasteiger partial charge in [-0.05, 0) is 58.3 Å². The van der Waals surface area contributed by atoms with E-state index < -0.39 is 0 Å². The normalized spacial score (nSPS) is 22.6. The topological polar surface area (TPSA) is 15.3 Å². The summed E-state index contributed by atoms with van der Waals surface area (Å²) < 4.78 is 0. The monoisotopic (exact) mass is 196 g/mol. The van der Waals surface area contributed by atoms with Crippen molar-refractivity contribution in [1.29, 1.82) is 0 Å². The number of allylic oxidation sites excluding steroid dienone is 1. The number of piperidine rings is 1. The van der Waals surface area contributed by atoms with Crippen LogP contribution in [-0.2, 0) is 0 Å². The molecule has 0 radical (unpaired) electrons. The van der Waals surface area contributed by atoms with Gasteiger partial charge in [-0.3, -0.25) is 0 Å². The molecule has 0 aromatic carbocycles. The summed E-state index contributed by atoms with van der Waals surface area (Å²) in [6.07, 6.45) is 7.16. The number of unbranched alkanes of at least 4 members (excludes halogenated alkanes) is 1. The van der Waals surface area contributed by atoms with Gasteiger partial charge in [-0.2, -0.15) is 0 Å². The molecule has 0 saturated carbocycles. The Morgan fingerprint density at radius 1 is 1.57 bits per heavy atom. The molecule has 0 spiro atoms. The van der Waals surface area contributed by atoms with Gasteiger partial charge in [-0.25, -0.2) is 0 Å². The maximum Gasteiger partial charge on any atom is 0.00187 e. The van der Waals surface area contributed by atoms with Crippen LogP contribution in [0.1, 0.15) is 25.7 Å². The first-order valence-electron chi connectivity index (χ1n) is 5.83. The van der Waals surface area contributed by atoms with Gasteiger partial charge in [0.15, 0.2) is 0 Å². The molecule has 1 unspecified atom stereocenters. The Morgan fingerprint density at radius 3 is 3.07 bits per heavy atom. The van der Waals surface area contributed by atoms with E-state index in [2.05, 4.69) is 23.8 Å². The molecule has 1 rings (SSSR count). The molecule has 2 nitrogen and oxygen atoms in total. The van der Waals surface area contributed by atoms with Crippen LogP contribution >= 0.6 is 0 Å². The standard InChI is InChI=1S/C12H24N2/c1-3-4-5-9-14(2)11-12-7-6-8-13-10-12/h3,12-13H,1,4-11H2,2H3. The van der Waals surface area contributed by atoms with Crippen LogP contribution in [0, 0.1) is 5.92 Å². The SMILES string of the molecule is C=CCCCN(C)CC1CCCNC1. The second kappa shape index (κ2) is 7.02. The van der Waals surface area contributed by atoms with E-state index in [1.165, 1.54) is 45.4 Å². The molecule has 1 aliphatic rings. The Bertz CT molecular complexity index is 150. The molecule has 82 valence electrons. The summed E-state index contributed by atoms with van der Waals surface area (Å²) in [6, 6.07) is 0. The fourth-order valence-electron chi connectivity index (χ4n) is 2.12. The van der Waals surface area contributed by atoms with Crippen molar-refractivity contribution >= 4 is 0 Å². The molecular formula is C12H24N2. The summed E-state index contributed by atoms with van der Waals surface area (Å²) in [5.41, 5.74) is 0. The summed E-state index contributed by atoms with van der Waals surface area (Å²) in [5.74, 6) is 0.873. The number of nitrogens with one attached hydrogen (secondary N) is 1. The molecule has 0 amide bonds. The molecule has 0 bridgehead atoms. The molecule has 1 fully saturated rings. The van der Waals surface area contributed by atoms with E-state index in [4.69, 9.17) is 0 Å². The van der Waals surface area contributed by atoms with E-state index in [-0.39, 0.29) is 0 Å². The van der Waals surface area contributed by atoms with Gasteiger partial charge in [0.2, 0.25) is 0 Å². The Labute approximate surface area is 88.4 Å². The fraction of sp³-hybridized carbons (Fsp3) is 0.833. The average Bonchev–Trinajstić information content (AvgIpc) is 2.20. The summed E-state index contributed by atoms with van der Waals surface area (Å²) in [6.45, 7) is 8.64. The first kappa shape index (κ1) is 11.7. The van der Waals surface area contributed by atoms with Crippen molar-refractivity contribution in [3.05, 3.63) is 12.7 Å². The third-order valence-corrected chi connectivity index (χ3v) is 2.92. The fourth-order valence-corrected chi connectivity index (χ4v) is 2.12. The van der Waals surface area contributed by atoms with Crippen LogP contribution in [0.4, 0.5) is 0 Å². The highest BCUT2D eigenvalue weighted by Crippen LogP contribution is 2.11. The maximum absolute atomic E-state index is 3.74. The minimum absolute atomic E-state index is 0.873. The van der Waals surface area contributed by atoms with Crippen molar-refractivity contribution < 1.29 is 0 Å². The summed E-state index contributed by atoms with van der Waals surface area (Å²) in [7, 11) is 2.23. The third kappa shape index (κ3) is 4.77. The van der Waals surface area contributed by atoms with E-state index in [1.807, 2.05) is 6.08 Å². The maximum atomic E-state index is 3.74. The van der Waals surface area contributed by atoms with Crippen LogP contribution in [0.3, 0.4) is 0 Å². The van der Waals surface area contributed by atoms with Crippen molar-refractivity contribution in [3.8, 4) is 0 Å². The summed E-state index contributed by atoms with van der Waals surface area (Å²) in [4.78, 5) is 2.46. The molecule has 1 aliphatic heterocycles. The van der Waals surface area contributed by atoms with Crippen LogP contribution in [0.5, 0.6) is 0 Å². The van der Waals surface area contributed by atoms with Gasteiger partial charge in [-0.1, -0.05) is 6.08 Å². The van der Waals surface area contributed by atoms with E-state index in [9.17, 15) is 0 Å². The highest BCUT2D eigenvalue weighted by atomic mass is 15.1. The van der Waals surface area contributed by atoms with Crippen LogP contribution in [-0.4, -0.2) is 38.1 Å². The van der Waals surface area contributed by atoms with Crippen LogP contribution < -0.4 is 5.32 Å². The van der Waals surface area contributed by atoms with Crippen LogP contribution in [0.25, 0.3) is 0 Å². The third-order valence-electron chi connectivity index (χ3n) is 2.92. The smallest absolute Gasteiger partial charge is 0.00187 e. The summed E-state index contributed by atoms with van der Waals surface area (Å²) in [5, 5.41) is 3.46. The lowest BCUT2D eigenvalue weighted by molar-refractivity contribution is 0.242. The van der Waals surface area contributed by atoms with Gasteiger partial charge in [0.25, 0.3) is 0 Å². The second-order valence-electron chi connectivity index (χ2n) is 4.41. The number of hydrogen-bond donors (Lipinski definition) is 1. The average molecular weight is 196 g/mol. The Morgan fingerprint density at radius 2 is 2.43 bits per heavy atom. The molecule has 2 heteroatoms. The molecule has 0 aliphatic carbocycles. The largest absolute Gasteiger partial charge is 0.316 e. The number of rotatable bonds is 6.